The predicted molar refractivity (Wildman–Crippen MR) is 79.4 cm³/mol. The highest BCUT2D eigenvalue weighted by Crippen LogP contribution is 2.24. The van der Waals surface area contributed by atoms with Gasteiger partial charge in [0.05, 0.1) is 17.1 Å². The van der Waals surface area contributed by atoms with E-state index in [1.807, 2.05) is 20.8 Å². The number of benzene rings is 1. The molecule has 1 aliphatic heterocycles. The van der Waals surface area contributed by atoms with Crippen molar-refractivity contribution in [2.45, 2.75) is 31.3 Å². The first kappa shape index (κ1) is 15.3. The first-order valence-corrected chi connectivity index (χ1v) is 8.27. The summed E-state index contributed by atoms with van der Waals surface area (Å²) in [6, 6.07) is 6.88. The average molecular weight is 298 g/mol. The van der Waals surface area contributed by atoms with Gasteiger partial charge in [0, 0.05) is 25.3 Å². The van der Waals surface area contributed by atoms with Crippen LogP contribution in [0.25, 0.3) is 0 Å². The van der Waals surface area contributed by atoms with Gasteiger partial charge in [-0.25, -0.2) is 8.42 Å². The van der Waals surface area contributed by atoms with Crippen LogP contribution in [0.5, 0.6) is 0 Å². The van der Waals surface area contributed by atoms with Gasteiger partial charge in [0.1, 0.15) is 0 Å². The Hall–Kier alpha value is -1.11. The molecule has 0 saturated carbocycles. The summed E-state index contributed by atoms with van der Waals surface area (Å²) in [5.74, 6) is 0. The molecule has 1 aromatic rings. The molecule has 0 unspecified atom stereocenters. The normalized spacial score (nSPS) is 19.8. The van der Waals surface area contributed by atoms with Crippen LogP contribution in [-0.2, 0) is 14.8 Å². The number of hydrogen-bond acceptors (Lipinski definition) is 4. The molecule has 1 heterocycles. The van der Waals surface area contributed by atoms with E-state index < -0.39 is 15.6 Å². The van der Waals surface area contributed by atoms with Gasteiger partial charge in [-0.15, -0.1) is 0 Å². The van der Waals surface area contributed by atoms with Crippen molar-refractivity contribution in [3.63, 3.8) is 0 Å². The predicted octanol–water partition coefficient (Wildman–Crippen LogP) is 1.92. The third-order valence-corrected chi connectivity index (χ3v) is 5.12. The monoisotopic (exact) mass is 298 g/mol. The lowest BCUT2D eigenvalue weighted by atomic mass is 10.1. The van der Waals surface area contributed by atoms with E-state index in [1.165, 1.54) is 4.31 Å². The van der Waals surface area contributed by atoms with Crippen molar-refractivity contribution in [1.82, 2.24) is 4.31 Å². The van der Waals surface area contributed by atoms with E-state index in [0.29, 0.717) is 24.6 Å². The number of anilines is 1. The summed E-state index contributed by atoms with van der Waals surface area (Å²) in [5, 5.41) is 3.15. The maximum Gasteiger partial charge on any atom is 0.243 e. The zero-order valence-corrected chi connectivity index (χ0v) is 13.0. The van der Waals surface area contributed by atoms with Crippen LogP contribution in [0.1, 0.15) is 20.8 Å². The van der Waals surface area contributed by atoms with Crippen LogP contribution >= 0.6 is 0 Å². The van der Waals surface area contributed by atoms with E-state index >= 15 is 0 Å². The Bertz CT molecular complexity index is 552. The smallest absolute Gasteiger partial charge is 0.243 e. The number of sulfonamides is 1. The highest BCUT2D eigenvalue weighted by atomic mass is 32.2. The molecular weight excluding hydrogens is 276 g/mol. The Morgan fingerprint density at radius 3 is 2.50 bits per heavy atom. The fraction of sp³-hybridized carbons (Fsp3) is 0.571. The Balaban J connectivity index is 2.21. The van der Waals surface area contributed by atoms with Gasteiger partial charge in [-0.05, 0) is 45.0 Å². The quantitative estimate of drug-likeness (QED) is 0.922. The highest BCUT2D eigenvalue weighted by molar-refractivity contribution is 7.89. The fourth-order valence-corrected chi connectivity index (χ4v) is 3.85. The van der Waals surface area contributed by atoms with Crippen LogP contribution in [0.2, 0.25) is 0 Å². The van der Waals surface area contributed by atoms with Crippen molar-refractivity contribution >= 4 is 15.7 Å². The van der Waals surface area contributed by atoms with Crippen LogP contribution in [-0.4, -0.2) is 44.6 Å². The topological polar surface area (TPSA) is 58.6 Å². The van der Waals surface area contributed by atoms with Gasteiger partial charge in [0.25, 0.3) is 0 Å². The molecule has 0 aliphatic carbocycles. The molecule has 1 aromatic carbocycles. The van der Waals surface area contributed by atoms with Crippen molar-refractivity contribution < 1.29 is 13.2 Å². The number of ether oxygens (including phenoxy) is 1. The van der Waals surface area contributed by atoms with E-state index in [9.17, 15) is 8.42 Å². The lowest BCUT2D eigenvalue weighted by Crippen LogP contribution is -2.50. The largest absolute Gasteiger partial charge is 0.385 e. The van der Waals surface area contributed by atoms with Crippen molar-refractivity contribution in [2.24, 2.45) is 0 Å². The van der Waals surface area contributed by atoms with Crippen LogP contribution < -0.4 is 5.32 Å². The minimum absolute atomic E-state index is 0.330. The molecule has 0 amide bonds. The summed E-state index contributed by atoms with van der Waals surface area (Å²) in [5.41, 5.74) is 0.489. The maximum atomic E-state index is 12.6. The molecule has 0 radical (unpaired) electrons. The number of nitrogens with zero attached hydrogens (tertiary/aromatic N) is 1. The number of nitrogens with one attached hydrogen (secondary N) is 1. The maximum absolute atomic E-state index is 12.6. The van der Waals surface area contributed by atoms with Gasteiger partial charge in [0.2, 0.25) is 10.0 Å². The molecule has 0 atom stereocenters. The molecule has 0 bridgehead atoms. The van der Waals surface area contributed by atoms with Crippen LogP contribution in [0.4, 0.5) is 5.69 Å². The molecule has 1 N–H and O–H groups in total. The molecule has 0 spiro atoms. The Morgan fingerprint density at radius 1 is 1.30 bits per heavy atom. The van der Waals surface area contributed by atoms with Gasteiger partial charge in [-0.3, -0.25) is 0 Å². The van der Waals surface area contributed by atoms with Crippen LogP contribution in [0.3, 0.4) is 0 Å². The summed E-state index contributed by atoms with van der Waals surface area (Å²) in [7, 11) is -3.44. The van der Waals surface area contributed by atoms with Gasteiger partial charge in [-0.2, -0.15) is 4.31 Å². The van der Waals surface area contributed by atoms with Gasteiger partial charge in [-0.1, -0.05) is 0 Å². The van der Waals surface area contributed by atoms with E-state index in [0.717, 1.165) is 12.2 Å². The molecule has 1 aliphatic rings. The Kier molecular flexibility index (Phi) is 4.36. The van der Waals surface area contributed by atoms with E-state index in [-0.39, 0.29) is 0 Å². The fourth-order valence-electron chi connectivity index (χ4n) is 2.28. The first-order chi connectivity index (χ1) is 9.35. The molecule has 0 aromatic heterocycles. The Labute approximate surface area is 121 Å². The molecule has 1 fully saturated rings. The minimum atomic E-state index is -3.44. The lowest BCUT2D eigenvalue weighted by Gasteiger charge is -2.37. The first-order valence-electron chi connectivity index (χ1n) is 6.83. The number of morpholine rings is 1. The van der Waals surface area contributed by atoms with Crippen LogP contribution in [0.15, 0.2) is 29.2 Å². The summed E-state index contributed by atoms with van der Waals surface area (Å²) >= 11 is 0. The van der Waals surface area contributed by atoms with Gasteiger partial charge < -0.3 is 10.1 Å². The van der Waals surface area contributed by atoms with Crippen molar-refractivity contribution in [3.05, 3.63) is 24.3 Å². The van der Waals surface area contributed by atoms with Crippen molar-refractivity contribution in [2.75, 3.05) is 31.6 Å². The van der Waals surface area contributed by atoms with Gasteiger partial charge in [0.15, 0.2) is 0 Å². The SMILES string of the molecule is CCNc1ccc(S(=O)(=O)N2CCOC(C)(C)C2)cc1. The van der Waals surface area contributed by atoms with Crippen molar-refractivity contribution in [3.8, 4) is 0 Å². The summed E-state index contributed by atoms with van der Waals surface area (Å²) in [6.45, 7) is 7.84. The summed E-state index contributed by atoms with van der Waals surface area (Å²) < 4.78 is 32.2. The lowest BCUT2D eigenvalue weighted by molar-refractivity contribution is -0.0640. The van der Waals surface area contributed by atoms with E-state index in [1.54, 1.807) is 24.3 Å². The number of hydrogen-bond donors (Lipinski definition) is 1. The second-order valence-corrected chi connectivity index (χ2v) is 7.44. The standard InChI is InChI=1S/C14H22N2O3S/c1-4-15-12-5-7-13(8-6-12)20(17,18)16-9-10-19-14(2,3)11-16/h5-8,15H,4,9-11H2,1-3H3. The molecule has 1 saturated heterocycles. The van der Waals surface area contributed by atoms with Crippen LogP contribution in [0, 0.1) is 0 Å². The third-order valence-electron chi connectivity index (χ3n) is 3.26. The summed E-state index contributed by atoms with van der Waals surface area (Å²) in [4.78, 5) is 0.330. The van der Waals surface area contributed by atoms with E-state index in [4.69, 9.17) is 4.74 Å². The molecule has 5 nitrogen and oxygen atoms in total. The minimum Gasteiger partial charge on any atom is -0.385 e. The second kappa shape index (κ2) is 5.71. The van der Waals surface area contributed by atoms with E-state index in [2.05, 4.69) is 5.32 Å². The van der Waals surface area contributed by atoms with Crippen molar-refractivity contribution in [1.29, 1.82) is 0 Å². The third kappa shape index (κ3) is 3.31. The zero-order valence-electron chi connectivity index (χ0n) is 12.2. The molecule has 112 valence electrons. The highest BCUT2D eigenvalue weighted by Gasteiger charge is 2.34. The zero-order chi connectivity index (χ0) is 14.8. The Morgan fingerprint density at radius 2 is 1.95 bits per heavy atom. The molecule has 2 rings (SSSR count). The molecular formula is C14H22N2O3S. The average Bonchev–Trinajstić information content (AvgIpc) is 2.38. The van der Waals surface area contributed by atoms with Gasteiger partial charge >= 0.3 is 0 Å². The number of rotatable bonds is 4. The molecule has 20 heavy (non-hydrogen) atoms. The molecule has 6 heteroatoms. The summed E-state index contributed by atoms with van der Waals surface area (Å²) in [6.07, 6.45) is 0. The second-order valence-electron chi connectivity index (χ2n) is 5.50.